The van der Waals surface area contributed by atoms with Gasteiger partial charge >= 0.3 is 0 Å². The lowest BCUT2D eigenvalue weighted by Gasteiger charge is -2.10. The second kappa shape index (κ2) is 3.65. The maximum absolute atomic E-state index is 12.2. The van der Waals surface area contributed by atoms with Crippen LogP contribution in [0.5, 0.6) is 0 Å². The van der Waals surface area contributed by atoms with Crippen molar-refractivity contribution in [3.8, 4) is 0 Å². The summed E-state index contributed by atoms with van der Waals surface area (Å²) in [6.07, 6.45) is 3.17. The van der Waals surface area contributed by atoms with Crippen molar-refractivity contribution in [3.63, 3.8) is 0 Å². The van der Waals surface area contributed by atoms with Crippen molar-refractivity contribution in [2.45, 2.75) is 0 Å². The van der Waals surface area contributed by atoms with Gasteiger partial charge < -0.3 is 9.46 Å². The van der Waals surface area contributed by atoms with Crippen molar-refractivity contribution in [3.05, 3.63) is 42.7 Å². The van der Waals surface area contributed by atoms with Crippen molar-refractivity contribution in [1.82, 2.24) is 9.55 Å². The summed E-state index contributed by atoms with van der Waals surface area (Å²) in [5.74, 6) is 0. The highest BCUT2D eigenvalue weighted by molar-refractivity contribution is 7.73. The summed E-state index contributed by atoms with van der Waals surface area (Å²) in [4.78, 5) is 13.9. The Balaban J connectivity index is 2.54. The molecule has 0 spiro atoms. The van der Waals surface area contributed by atoms with Gasteiger partial charge in [0.2, 0.25) is 0 Å². The SMILES string of the molecule is Cn1ccnc1P(=O)(O)c1ccccc1. The highest BCUT2D eigenvalue weighted by atomic mass is 31.2. The van der Waals surface area contributed by atoms with Gasteiger partial charge in [0.15, 0.2) is 5.57 Å². The number of aromatic nitrogens is 2. The van der Waals surface area contributed by atoms with E-state index in [4.69, 9.17) is 0 Å². The van der Waals surface area contributed by atoms with E-state index < -0.39 is 7.37 Å². The maximum Gasteiger partial charge on any atom is 0.293 e. The van der Waals surface area contributed by atoms with Crippen LogP contribution in [-0.2, 0) is 11.6 Å². The summed E-state index contributed by atoms with van der Waals surface area (Å²) < 4.78 is 13.7. The van der Waals surface area contributed by atoms with Gasteiger partial charge in [0.1, 0.15) is 0 Å². The largest absolute Gasteiger partial charge is 0.336 e. The first-order chi connectivity index (χ1) is 7.12. The maximum atomic E-state index is 12.2. The third-order valence-corrected chi connectivity index (χ3v) is 4.14. The zero-order valence-electron chi connectivity index (χ0n) is 8.24. The molecule has 0 saturated heterocycles. The molecule has 1 aromatic carbocycles. The van der Waals surface area contributed by atoms with Gasteiger partial charge in [-0.15, -0.1) is 0 Å². The van der Waals surface area contributed by atoms with Crippen molar-refractivity contribution < 1.29 is 9.46 Å². The topological polar surface area (TPSA) is 55.1 Å². The fourth-order valence-electron chi connectivity index (χ4n) is 1.40. The van der Waals surface area contributed by atoms with Gasteiger partial charge in [0.25, 0.3) is 7.37 Å². The molecule has 1 N–H and O–H groups in total. The summed E-state index contributed by atoms with van der Waals surface area (Å²) in [7, 11) is -1.83. The van der Waals surface area contributed by atoms with E-state index in [1.807, 2.05) is 6.07 Å². The zero-order chi connectivity index (χ0) is 10.9. The molecule has 15 heavy (non-hydrogen) atoms. The number of nitrogens with zero attached hydrogens (tertiary/aromatic N) is 2. The lowest BCUT2D eigenvalue weighted by molar-refractivity contribution is 0.497. The molecule has 0 aliphatic heterocycles. The Kier molecular flexibility index (Phi) is 2.47. The molecule has 0 bridgehead atoms. The molecular weight excluding hydrogens is 211 g/mol. The number of hydrogen-bond donors (Lipinski definition) is 1. The number of aryl methyl sites for hydroxylation is 1. The van der Waals surface area contributed by atoms with E-state index in [-0.39, 0.29) is 5.57 Å². The zero-order valence-corrected chi connectivity index (χ0v) is 9.13. The molecule has 4 nitrogen and oxygen atoms in total. The van der Waals surface area contributed by atoms with Crippen LogP contribution in [0, 0.1) is 0 Å². The summed E-state index contributed by atoms with van der Waals surface area (Å²) in [6, 6.07) is 8.55. The fourth-order valence-corrected chi connectivity index (χ4v) is 2.92. The van der Waals surface area contributed by atoms with Crippen molar-refractivity contribution >= 4 is 18.2 Å². The van der Waals surface area contributed by atoms with Crippen LogP contribution in [0.3, 0.4) is 0 Å². The number of hydrogen-bond acceptors (Lipinski definition) is 2. The average Bonchev–Trinajstić information content (AvgIpc) is 2.66. The van der Waals surface area contributed by atoms with Gasteiger partial charge in [0.05, 0.1) is 0 Å². The molecule has 78 valence electrons. The van der Waals surface area contributed by atoms with E-state index >= 15 is 0 Å². The van der Waals surface area contributed by atoms with Crippen LogP contribution in [-0.4, -0.2) is 14.4 Å². The first kappa shape index (κ1) is 10.1. The Hall–Kier alpha value is -1.38. The summed E-state index contributed by atoms with van der Waals surface area (Å²) in [5.41, 5.74) is 0.203. The van der Waals surface area contributed by atoms with E-state index in [2.05, 4.69) is 4.98 Å². The lowest BCUT2D eigenvalue weighted by Crippen LogP contribution is -2.23. The van der Waals surface area contributed by atoms with E-state index in [1.165, 1.54) is 6.20 Å². The molecule has 2 aromatic rings. The average molecular weight is 222 g/mol. The van der Waals surface area contributed by atoms with Gasteiger partial charge in [-0.25, -0.2) is 4.98 Å². The van der Waals surface area contributed by atoms with Gasteiger partial charge in [-0.2, -0.15) is 0 Å². The highest BCUT2D eigenvalue weighted by Crippen LogP contribution is 2.36. The Morgan fingerprint density at radius 2 is 2.00 bits per heavy atom. The van der Waals surface area contributed by atoms with Crippen LogP contribution < -0.4 is 10.9 Å². The third kappa shape index (κ3) is 1.74. The standard InChI is InChI=1S/C10H11N2O2P/c1-12-8-7-11-10(12)15(13,14)9-5-3-2-4-6-9/h2-8H,1H3,(H,13,14). The minimum absolute atomic E-state index is 0.203. The Morgan fingerprint density at radius 1 is 1.33 bits per heavy atom. The normalized spacial score (nSPS) is 14.8. The molecule has 1 atom stereocenters. The second-order valence-electron chi connectivity index (χ2n) is 3.25. The molecule has 2 rings (SSSR count). The first-order valence-corrected chi connectivity index (χ1v) is 6.14. The second-order valence-corrected chi connectivity index (χ2v) is 5.32. The summed E-state index contributed by atoms with van der Waals surface area (Å²) >= 11 is 0. The summed E-state index contributed by atoms with van der Waals surface area (Å²) in [5, 5.41) is 0.402. The first-order valence-electron chi connectivity index (χ1n) is 4.48. The smallest absolute Gasteiger partial charge is 0.293 e. The van der Waals surface area contributed by atoms with Crippen LogP contribution >= 0.6 is 7.37 Å². The molecular formula is C10H11N2O2P. The molecule has 1 unspecified atom stereocenters. The van der Waals surface area contributed by atoms with E-state index in [0.29, 0.717) is 5.30 Å². The van der Waals surface area contributed by atoms with Crippen LogP contribution in [0.15, 0.2) is 42.7 Å². The Bertz CT molecular complexity index is 507. The quantitative estimate of drug-likeness (QED) is 0.759. The molecule has 0 amide bonds. The Labute approximate surface area is 87.7 Å². The van der Waals surface area contributed by atoms with Gasteiger partial charge in [-0.1, -0.05) is 18.2 Å². The molecule has 1 aromatic heterocycles. The molecule has 0 saturated carbocycles. The lowest BCUT2D eigenvalue weighted by atomic mass is 10.4. The van der Waals surface area contributed by atoms with Crippen molar-refractivity contribution in [2.75, 3.05) is 0 Å². The molecule has 5 heteroatoms. The highest BCUT2D eigenvalue weighted by Gasteiger charge is 2.27. The van der Waals surface area contributed by atoms with E-state index in [0.717, 1.165) is 0 Å². The van der Waals surface area contributed by atoms with Crippen LogP contribution in [0.4, 0.5) is 0 Å². The number of imidazole rings is 1. The van der Waals surface area contributed by atoms with Gasteiger partial charge in [-0.05, 0) is 12.1 Å². The number of rotatable bonds is 2. The van der Waals surface area contributed by atoms with E-state index in [1.54, 1.807) is 42.1 Å². The van der Waals surface area contributed by atoms with Crippen LogP contribution in [0.2, 0.25) is 0 Å². The minimum atomic E-state index is -3.54. The van der Waals surface area contributed by atoms with Gasteiger partial charge in [-0.3, -0.25) is 4.57 Å². The molecule has 0 fully saturated rings. The van der Waals surface area contributed by atoms with E-state index in [9.17, 15) is 9.46 Å². The van der Waals surface area contributed by atoms with Gasteiger partial charge in [0, 0.05) is 24.7 Å². The van der Waals surface area contributed by atoms with Crippen molar-refractivity contribution in [2.24, 2.45) is 7.05 Å². The minimum Gasteiger partial charge on any atom is -0.336 e. The number of benzene rings is 1. The summed E-state index contributed by atoms with van der Waals surface area (Å²) in [6.45, 7) is 0. The monoisotopic (exact) mass is 222 g/mol. The third-order valence-electron chi connectivity index (χ3n) is 2.17. The molecule has 0 radical (unpaired) electrons. The van der Waals surface area contributed by atoms with Crippen LogP contribution in [0.25, 0.3) is 0 Å². The fraction of sp³-hybridized carbons (Fsp3) is 0.100. The van der Waals surface area contributed by atoms with Crippen molar-refractivity contribution in [1.29, 1.82) is 0 Å². The predicted octanol–water partition coefficient (Wildman–Crippen LogP) is 0.641. The molecule has 1 heterocycles. The van der Waals surface area contributed by atoms with Crippen LogP contribution in [0.1, 0.15) is 0 Å². The predicted molar refractivity (Wildman–Crippen MR) is 58.7 cm³/mol. The molecule has 0 aliphatic rings. The Morgan fingerprint density at radius 3 is 2.53 bits per heavy atom. The molecule has 0 aliphatic carbocycles.